The molecule has 1 aromatic carbocycles. The van der Waals surface area contributed by atoms with Crippen molar-refractivity contribution >= 4 is 39.2 Å². The van der Waals surface area contributed by atoms with E-state index in [1.165, 1.54) is 11.8 Å². The molecule has 5 nitrogen and oxygen atoms in total. The molecule has 0 spiro atoms. The van der Waals surface area contributed by atoms with E-state index in [0.717, 1.165) is 20.1 Å². The summed E-state index contributed by atoms with van der Waals surface area (Å²) >= 11 is 3.06. The fourth-order valence-corrected chi connectivity index (χ4v) is 4.01. The van der Waals surface area contributed by atoms with E-state index in [1.54, 1.807) is 17.5 Å². The lowest BCUT2D eigenvalue weighted by Gasteiger charge is -2.09. The second-order valence-electron chi connectivity index (χ2n) is 4.91. The lowest BCUT2D eigenvalue weighted by molar-refractivity contribution is -0.118. The lowest BCUT2D eigenvalue weighted by atomic mass is 10.2. The average molecular weight is 359 g/mol. The fourth-order valence-electron chi connectivity index (χ4n) is 2.11. The molecule has 0 aliphatic carbocycles. The van der Waals surface area contributed by atoms with E-state index in [0.29, 0.717) is 24.8 Å². The Morgan fingerprint density at radius 2 is 2.17 bits per heavy atom. The van der Waals surface area contributed by atoms with Crippen LogP contribution in [0.2, 0.25) is 0 Å². The summed E-state index contributed by atoms with van der Waals surface area (Å²) in [7, 11) is 0. The maximum Gasteiger partial charge on any atom is 0.230 e. The number of para-hydroxylation sites is 1. The SMILES string of the molecule is CCOc1ncccc1CNC(=O)CSc1nc2ccccc2s1. The minimum absolute atomic E-state index is 0.0365. The number of carbonyl (C=O) groups is 1. The van der Waals surface area contributed by atoms with E-state index in [2.05, 4.69) is 15.3 Å². The van der Waals surface area contributed by atoms with Gasteiger partial charge in [-0.2, -0.15) is 0 Å². The molecule has 7 heteroatoms. The number of amides is 1. The zero-order valence-electron chi connectivity index (χ0n) is 13.2. The Labute approximate surface area is 148 Å². The van der Waals surface area contributed by atoms with Crippen molar-refractivity contribution < 1.29 is 9.53 Å². The van der Waals surface area contributed by atoms with Crippen molar-refractivity contribution in [3.8, 4) is 5.88 Å². The fraction of sp³-hybridized carbons (Fsp3) is 0.235. The van der Waals surface area contributed by atoms with E-state index in [4.69, 9.17) is 4.74 Å². The van der Waals surface area contributed by atoms with Crippen LogP contribution in [0.15, 0.2) is 46.9 Å². The summed E-state index contributed by atoms with van der Waals surface area (Å²) in [4.78, 5) is 20.7. The Hall–Kier alpha value is -2.12. The number of rotatable bonds is 7. The second-order valence-corrected chi connectivity index (χ2v) is 7.17. The van der Waals surface area contributed by atoms with Crippen LogP contribution in [-0.2, 0) is 11.3 Å². The number of carbonyl (C=O) groups excluding carboxylic acids is 1. The number of thioether (sulfide) groups is 1. The van der Waals surface area contributed by atoms with Gasteiger partial charge in [-0.3, -0.25) is 4.79 Å². The van der Waals surface area contributed by atoms with E-state index in [-0.39, 0.29) is 5.91 Å². The molecule has 0 bridgehead atoms. The first-order valence-electron chi connectivity index (χ1n) is 7.58. The highest BCUT2D eigenvalue weighted by Gasteiger charge is 2.09. The minimum atomic E-state index is -0.0365. The Kier molecular flexibility index (Phi) is 5.66. The van der Waals surface area contributed by atoms with Crippen molar-refractivity contribution in [2.45, 2.75) is 17.8 Å². The molecule has 0 saturated carbocycles. The third kappa shape index (κ3) is 4.24. The molecule has 2 heterocycles. The number of aromatic nitrogens is 2. The van der Waals surface area contributed by atoms with Crippen molar-refractivity contribution in [3.05, 3.63) is 48.2 Å². The first-order chi connectivity index (χ1) is 11.8. The topological polar surface area (TPSA) is 64.1 Å². The van der Waals surface area contributed by atoms with Gasteiger partial charge < -0.3 is 10.1 Å². The van der Waals surface area contributed by atoms with Gasteiger partial charge >= 0.3 is 0 Å². The van der Waals surface area contributed by atoms with Gasteiger partial charge in [-0.05, 0) is 25.1 Å². The van der Waals surface area contributed by atoms with E-state index in [9.17, 15) is 4.79 Å². The van der Waals surface area contributed by atoms with Crippen molar-refractivity contribution in [1.29, 1.82) is 0 Å². The van der Waals surface area contributed by atoms with Gasteiger partial charge in [0.2, 0.25) is 11.8 Å². The van der Waals surface area contributed by atoms with Crippen LogP contribution in [0.3, 0.4) is 0 Å². The zero-order chi connectivity index (χ0) is 16.8. The summed E-state index contributed by atoms with van der Waals surface area (Å²) < 4.78 is 7.50. The van der Waals surface area contributed by atoms with Crippen molar-refractivity contribution in [1.82, 2.24) is 15.3 Å². The van der Waals surface area contributed by atoms with Crippen molar-refractivity contribution in [2.24, 2.45) is 0 Å². The van der Waals surface area contributed by atoms with Crippen LogP contribution in [-0.4, -0.2) is 28.2 Å². The number of pyridine rings is 1. The summed E-state index contributed by atoms with van der Waals surface area (Å²) in [5, 5.41) is 2.90. The molecule has 1 N–H and O–H groups in total. The quantitative estimate of drug-likeness (QED) is 0.654. The third-order valence-corrected chi connectivity index (χ3v) is 5.39. The number of fused-ring (bicyclic) bond motifs is 1. The predicted octanol–water partition coefficient (Wildman–Crippen LogP) is 3.50. The highest BCUT2D eigenvalue weighted by atomic mass is 32.2. The number of hydrogen-bond acceptors (Lipinski definition) is 6. The van der Waals surface area contributed by atoms with Gasteiger partial charge in [0.15, 0.2) is 4.34 Å². The van der Waals surface area contributed by atoms with Crippen LogP contribution in [0.4, 0.5) is 0 Å². The summed E-state index contributed by atoms with van der Waals surface area (Å²) in [5.41, 5.74) is 1.85. The summed E-state index contributed by atoms with van der Waals surface area (Å²) in [6, 6.07) is 11.7. The number of ether oxygens (including phenoxy) is 1. The molecule has 124 valence electrons. The summed E-state index contributed by atoms with van der Waals surface area (Å²) in [5.74, 6) is 0.869. The number of benzene rings is 1. The summed E-state index contributed by atoms with van der Waals surface area (Å²) in [6.07, 6.45) is 1.68. The van der Waals surface area contributed by atoms with E-state index >= 15 is 0 Å². The Bertz CT molecular complexity index is 802. The highest BCUT2D eigenvalue weighted by molar-refractivity contribution is 8.01. The normalized spacial score (nSPS) is 10.7. The average Bonchev–Trinajstić information content (AvgIpc) is 3.02. The molecule has 0 atom stereocenters. The number of hydrogen-bond donors (Lipinski definition) is 1. The maximum absolute atomic E-state index is 12.1. The number of nitrogens with one attached hydrogen (secondary N) is 1. The molecule has 0 saturated heterocycles. The molecule has 0 fully saturated rings. The first kappa shape index (κ1) is 16.7. The molecule has 2 aromatic heterocycles. The van der Waals surface area contributed by atoms with Gasteiger partial charge in [-0.15, -0.1) is 11.3 Å². The molecule has 0 aliphatic heterocycles. The van der Waals surface area contributed by atoms with Gasteiger partial charge in [-0.1, -0.05) is 30.0 Å². The maximum atomic E-state index is 12.1. The smallest absolute Gasteiger partial charge is 0.230 e. The van der Waals surface area contributed by atoms with E-state index < -0.39 is 0 Å². The van der Waals surface area contributed by atoms with Gasteiger partial charge in [0.05, 0.1) is 22.6 Å². The molecule has 0 aliphatic rings. The second kappa shape index (κ2) is 8.12. The molecule has 0 radical (unpaired) electrons. The largest absolute Gasteiger partial charge is 0.478 e. The molecular weight excluding hydrogens is 342 g/mol. The number of thiazole rings is 1. The Balaban J connectivity index is 1.52. The Morgan fingerprint density at radius 3 is 3.00 bits per heavy atom. The molecule has 3 rings (SSSR count). The predicted molar refractivity (Wildman–Crippen MR) is 97.6 cm³/mol. The van der Waals surface area contributed by atoms with Gasteiger partial charge in [0.1, 0.15) is 0 Å². The van der Waals surface area contributed by atoms with Crippen LogP contribution in [0.25, 0.3) is 10.2 Å². The van der Waals surface area contributed by atoms with Crippen molar-refractivity contribution in [3.63, 3.8) is 0 Å². The lowest BCUT2D eigenvalue weighted by Crippen LogP contribution is -2.25. The molecular formula is C17H17N3O2S2. The molecule has 24 heavy (non-hydrogen) atoms. The van der Waals surface area contributed by atoms with E-state index in [1.807, 2.05) is 43.3 Å². The van der Waals surface area contributed by atoms with Crippen LogP contribution in [0.5, 0.6) is 5.88 Å². The van der Waals surface area contributed by atoms with Gasteiger partial charge in [-0.25, -0.2) is 9.97 Å². The van der Waals surface area contributed by atoms with Gasteiger partial charge in [0.25, 0.3) is 0 Å². The van der Waals surface area contributed by atoms with Crippen LogP contribution < -0.4 is 10.1 Å². The van der Waals surface area contributed by atoms with Crippen LogP contribution >= 0.6 is 23.1 Å². The van der Waals surface area contributed by atoms with Crippen LogP contribution in [0.1, 0.15) is 12.5 Å². The van der Waals surface area contributed by atoms with Crippen molar-refractivity contribution in [2.75, 3.05) is 12.4 Å². The molecule has 0 unspecified atom stereocenters. The highest BCUT2D eigenvalue weighted by Crippen LogP contribution is 2.29. The van der Waals surface area contributed by atoms with Crippen LogP contribution in [0, 0.1) is 0 Å². The van der Waals surface area contributed by atoms with Gasteiger partial charge in [0, 0.05) is 18.3 Å². The number of nitrogens with zero attached hydrogens (tertiary/aromatic N) is 2. The summed E-state index contributed by atoms with van der Waals surface area (Å²) in [6.45, 7) is 2.86. The monoisotopic (exact) mass is 359 g/mol. The Morgan fingerprint density at radius 1 is 1.29 bits per heavy atom. The molecule has 1 amide bonds. The first-order valence-corrected chi connectivity index (χ1v) is 9.38. The third-order valence-electron chi connectivity index (χ3n) is 3.21. The molecule has 3 aromatic rings. The standard InChI is InChI=1S/C17H17N3O2S2/c1-2-22-16-12(6-5-9-18-16)10-19-15(21)11-23-17-20-13-7-3-4-8-14(13)24-17/h3-9H,2,10-11H2,1H3,(H,19,21). The minimum Gasteiger partial charge on any atom is -0.478 e. The zero-order valence-corrected chi connectivity index (χ0v) is 14.8.